The highest BCUT2D eigenvalue weighted by Gasteiger charge is 2.22. The van der Waals surface area contributed by atoms with Crippen LogP contribution in [0.15, 0.2) is 24.4 Å². The van der Waals surface area contributed by atoms with E-state index in [-0.39, 0.29) is 5.91 Å². The number of hydrogen-bond donors (Lipinski definition) is 0. The van der Waals surface area contributed by atoms with Gasteiger partial charge in [-0.2, -0.15) is 0 Å². The summed E-state index contributed by atoms with van der Waals surface area (Å²) in [4.78, 5) is 30.8. The average molecular weight is 324 g/mol. The van der Waals surface area contributed by atoms with Crippen LogP contribution in [0.4, 0.5) is 4.79 Å². The zero-order valence-electron chi connectivity index (χ0n) is 12.7. The number of rotatable bonds is 6. The van der Waals surface area contributed by atoms with Gasteiger partial charge in [-0.1, -0.05) is 12.5 Å². The fourth-order valence-electron chi connectivity index (χ4n) is 2.59. The van der Waals surface area contributed by atoms with Crippen LogP contribution in [0.25, 0.3) is 0 Å². The highest BCUT2D eigenvalue weighted by Crippen LogP contribution is 2.10. The molecule has 0 aliphatic carbocycles. The predicted molar refractivity (Wildman–Crippen MR) is 85.8 cm³/mol. The average Bonchev–Trinajstić information content (AvgIpc) is 2.55. The van der Waals surface area contributed by atoms with Crippen molar-refractivity contribution < 1.29 is 9.59 Å². The number of aromatic nitrogens is 1. The highest BCUT2D eigenvalue weighted by molar-refractivity contribution is 6.62. The first-order chi connectivity index (χ1) is 10.7. The molecule has 0 spiro atoms. The fraction of sp³-hybridized carbons (Fsp3) is 0.562. The molecule has 2 rings (SSSR count). The first-order valence-corrected chi connectivity index (χ1v) is 8.16. The normalized spacial score (nSPS) is 15.0. The van der Waals surface area contributed by atoms with Crippen LogP contribution in [0, 0.1) is 0 Å². The third-order valence-electron chi connectivity index (χ3n) is 3.93. The van der Waals surface area contributed by atoms with Gasteiger partial charge in [0.05, 0.1) is 0 Å². The fourth-order valence-corrected chi connectivity index (χ4v) is 2.76. The van der Waals surface area contributed by atoms with Crippen molar-refractivity contribution >= 4 is 22.9 Å². The van der Waals surface area contributed by atoms with Gasteiger partial charge >= 0.3 is 5.37 Å². The van der Waals surface area contributed by atoms with Crippen LogP contribution >= 0.6 is 11.6 Å². The second-order valence-corrected chi connectivity index (χ2v) is 5.83. The summed E-state index contributed by atoms with van der Waals surface area (Å²) < 4.78 is 0. The van der Waals surface area contributed by atoms with Crippen molar-refractivity contribution in [3.63, 3.8) is 0 Å². The molecule has 0 saturated carbocycles. The third-order valence-corrected chi connectivity index (χ3v) is 4.17. The molecule has 1 aliphatic heterocycles. The SMILES string of the molecule is O=C(Cl)N1CCN(C(=O)CCCCCc2ccccn2)CC1. The lowest BCUT2D eigenvalue weighted by Gasteiger charge is -2.33. The van der Waals surface area contributed by atoms with Gasteiger partial charge in [0.2, 0.25) is 5.91 Å². The summed E-state index contributed by atoms with van der Waals surface area (Å²) in [6.07, 6.45) is 6.34. The van der Waals surface area contributed by atoms with Crippen LogP contribution in [0.2, 0.25) is 0 Å². The molecule has 120 valence electrons. The monoisotopic (exact) mass is 323 g/mol. The smallest absolute Gasteiger partial charge is 0.316 e. The largest absolute Gasteiger partial charge is 0.339 e. The van der Waals surface area contributed by atoms with Crippen molar-refractivity contribution in [1.29, 1.82) is 0 Å². The molecule has 0 atom stereocenters. The summed E-state index contributed by atoms with van der Waals surface area (Å²) >= 11 is 5.43. The molecule has 0 aromatic carbocycles. The lowest BCUT2D eigenvalue weighted by Crippen LogP contribution is -2.49. The van der Waals surface area contributed by atoms with E-state index in [0.29, 0.717) is 32.6 Å². The van der Waals surface area contributed by atoms with Crippen molar-refractivity contribution in [1.82, 2.24) is 14.8 Å². The number of carbonyl (C=O) groups is 2. The maximum absolute atomic E-state index is 12.1. The molecule has 1 fully saturated rings. The van der Waals surface area contributed by atoms with Crippen molar-refractivity contribution in [2.75, 3.05) is 26.2 Å². The van der Waals surface area contributed by atoms with Gasteiger partial charge in [0.25, 0.3) is 0 Å². The Balaban J connectivity index is 1.57. The molecule has 1 aromatic heterocycles. The Kier molecular flexibility index (Phi) is 6.65. The van der Waals surface area contributed by atoms with E-state index in [1.165, 1.54) is 0 Å². The molecule has 2 amide bonds. The van der Waals surface area contributed by atoms with E-state index in [9.17, 15) is 9.59 Å². The predicted octanol–water partition coefficient (Wildman–Crippen LogP) is 2.69. The van der Waals surface area contributed by atoms with Gasteiger partial charge < -0.3 is 9.80 Å². The quantitative estimate of drug-likeness (QED) is 0.459. The summed E-state index contributed by atoms with van der Waals surface area (Å²) in [5, 5.41) is -0.429. The van der Waals surface area contributed by atoms with E-state index in [1.807, 2.05) is 29.3 Å². The molecular formula is C16H22ClN3O2. The molecular weight excluding hydrogens is 302 g/mol. The standard InChI is InChI=1S/C16H22ClN3O2/c17-16(22)20-12-10-19(11-13-20)15(21)8-3-1-2-6-14-7-4-5-9-18-14/h4-5,7,9H,1-3,6,8,10-13H2. The number of unbranched alkanes of at least 4 members (excludes halogenated alkanes) is 2. The first kappa shape index (κ1) is 16.7. The Morgan fingerprint density at radius 1 is 1.05 bits per heavy atom. The molecule has 5 nitrogen and oxygen atoms in total. The van der Waals surface area contributed by atoms with E-state index < -0.39 is 5.37 Å². The third kappa shape index (κ3) is 5.30. The molecule has 0 N–H and O–H groups in total. The number of halogens is 1. The van der Waals surface area contributed by atoms with E-state index in [1.54, 1.807) is 4.90 Å². The highest BCUT2D eigenvalue weighted by atomic mass is 35.5. The maximum atomic E-state index is 12.1. The van der Waals surface area contributed by atoms with Gasteiger partial charge in [-0.15, -0.1) is 0 Å². The molecule has 6 heteroatoms. The maximum Gasteiger partial charge on any atom is 0.316 e. The Bertz CT molecular complexity index is 487. The van der Waals surface area contributed by atoms with Gasteiger partial charge in [0, 0.05) is 44.5 Å². The number of carbonyl (C=O) groups excluding carboxylic acids is 2. The van der Waals surface area contributed by atoms with Crippen molar-refractivity contribution in [3.8, 4) is 0 Å². The minimum Gasteiger partial charge on any atom is -0.339 e. The number of nitrogens with zero attached hydrogens (tertiary/aromatic N) is 3. The van der Waals surface area contributed by atoms with Gasteiger partial charge in [0.1, 0.15) is 0 Å². The number of amides is 2. The van der Waals surface area contributed by atoms with Crippen molar-refractivity contribution in [2.45, 2.75) is 32.1 Å². The van der Waals surface area contributed by atoms with Gasteiger partial charge in [-0.25, -0.2) is 0 Å². The van der Waals surface area contributed by atoms with E-state index in [0.717, 1.165) is 31.4 Å². The van der Waals surface area contributed by atoms with Gasteiger partial charge in [0.15, 0.2) is 0 Å². The molecule has 1 aromatic rings. The molecule has 1 aliphatic rings. The Labute approximate surface area is 136 Å². The molecule has 0 radical (unpaired) electrons. The lowest BCUT2D eigenvalue weighted by atomic mass is 10.1. The van der Waals surface area contributed by atoms with Gasteiger partial charge in [-0.05, 0) is 43.0 Å². The zero-order valence-corrected chi connectivity index (χ0v) is 13.5. The molecule has 22 heavy (non-hydrogen) atoms. The zero-order chi connectivity index (χ0) is 15.8. The summed E-state index contributed by atoms with van der Waals surface area (Å²) in [6.45, 7) is 2.25. The minimum atomic E-state index is -0.429. The summed E-state index contributed by atoms with van der Waals surface area (Å²) in [5.74, 6) is 0.180. The van der Waals surface area contributed by atoms with Crippen LogP contribution in [0.3, 0.4) is 0 Å². The second kappa shape index (κ2) is 8.73. The summed E-state index contributed by atoms with van der Waals surface area (Å²) in [6, 6.07) is 5.94. The number of pyridine rings is 1. The van der Waals surface area contributed by atoms with E-state index in [2.05, 4.69) is 4.98 Å². The lowest BCUT2D eigenvalue weighted by molar-refractivity contribution is -0.132. The second-order valence-electron chi connectivity index (χ2n) is 5.50. The van der Waals surface area contributed by atoms with Crippen LogP contribution in [-0.2, 0) is 11.2 Å². The minimum absolute atomic E-state index is 0.180. The Morgan fingerprint density at radius 3 is 2.41 bits per heavy atom. The van der Waals surface area contributed by atoms with Gasteiger partial charge in [-0.3, -0.25) is 14.6 Å². The van der Waals surface area contributed by atoms with Crippen LogP contribution in [0.1, 0.15) is 31.4 Å². The molecule has 0 unspecified atom stereocenters. The molecule has 1 saturated heterocycles. The molecule has 2 heterocycles. The Morgan fingerprint density at radius 2 is 1.77 bits per heavy atom. The van der Waals surface area contributed by atoms with Crippen molar-refractivity contribution in [3.05, 3.63) is 30.1 Å². The number of piperazine rings is 1. The van der Waals surface area contributed by atoms with E-state index >= 15 is 0 Å². The van der Waals surface area contributed by atoms with E-state index in [4.69, 9.17) is 11.6 Å². The van der Waals surface area contributed by atoms with Crippen LogP contribution in [-0.4, -0.2) is 52.2 Å². The summed E-state index contributed by atoms with van der Waals surface area (Å²) in [7, 11) is 0. The number of hydrogen-bond acceptors (Lipinski definition) is 3. The van der Waals surface area contributed by atoms with Crippen LogP contribution < -0.4 is 0 Å². The Hall–Kier alpha value is -1.62. The number of aryl methyl sites for hydroxylation is 1. The van der Waals surface area contributed by atoms with Crippen molar-refractivity contribution in [2.24, 2.45) is 0 Å². The summed E-state index contributed by atoms with van der Waals surface area (Å²) in [5.41, 5.74) is 1.11. The first-order valence-electron chi connectivity index (χ1n) is 7.79. The topological polar surface area (TPSA) is 53.5 Å². The van der Waals surface area contributed by atoms with Crippen LogP contribution in [0.5, 0.6) is 0 Å². The molecule has 0 bridgehead atoms.